The van der Waals surface area contributed by atoms with E-state index in [-0.39, 0.29) is 16.6 Å². The number of aromatic nitrogens is 1. The van der Waals surface area contributed by atoms with Crippen LogP contribution in [0, 0.1) is 5.82 Å². The number of benzene rings is 1. The molecule has 3 nitrogen and oxygen atoms in total. The van der Waals surface area contributed by atoms with Gasteiger partial charge in [0.2, 0.25) is 0 Å². The summed E-state index contributed by atoms with van der Waals surface area (Å²) in [5.41, 5.74) is 1.13. The summed E-state index contributed by atoms with van der Waals surface area (Å²) < 4.78 is 28.8. The quantitative estimate of drug-likeness (QED) is 0.882. The van der Waals surface area contributed by atoms with Crippen LogP contribution in [0.5, 0.6) is 0 Å². The molecule has 0 fully saturated rings. The summed E-state index contributed by atoms with van der Waals surface area (Å²) in [6.45, 7) is 7.45. The summed E-state index contributed by atoms with van der Waals surface area (Å²) in [5.74, 6) is -0.331. The summed E-state index contributed by atoms with van der Waals surface area (Å²) >= 11 is -1.24. The Morgan fingerprint density at radius 3 is 2.70 bits per heavy atom. The molecule has 0 unspecified atom stereocenters. The van der Waals surface area contributed by atoms with E-state index in [1.165, 1.54) is 6.07 Å². The Labute approximate surface area is 121 Å². The van der Waals surface area contributed by atoms with Gasteiger partial charge in [-0.1, -0.05) is 6.07 Å². The normalized spacial score (nSPS) is 15.3. The molecule has 1 heterocycles. The van der Waals surface area contributed by atoms with Crippen molar-refractivity contribution in [3.63, 3.8) is 0 Å². The van der Waals surface area contributed by atoms with Crippen molar-refractivity contribution in [3.8, 4) is 0 Å². The Balaban J connectivity index is 2.30. The zero-order valence-corrected chi connectivity index (χ0v) is 12.9. The zero-order chi connectivity index (χ0) is 14.9. The smallest absolute Gasteiger partial charge is 0.136 e. The van der Waals surface area contributed by atoms with E-state index in [1.807, 2.05) is 39.8 Å². The number of nitrogens with zero attached hydrogens (tertiary/aromatic N) is 1. The second kappa shape index (κ2) is 5.68. The van der Waals surface area contributed by atoms with Gasteiger partial charge in [0.05, 0.1) is 11.6 Å². The third-order valence-corrected chi connectivity index (χ3v) is 4.71. The fraction of sp³-hybridized carbons (Fsp3) is 0.400. The summed E-state index contributed by atoms with van der Waals surface area (Å²) in [6, 6.07) is 6.55. The molecule has 0 aliphatic carbocycles. The lowest BCUT2D eigenvalue weighted by Crippen LogP contribution is -2.40. The van der Waals surface area contributed by atoms with Gasteiger partial charge in [-0.3, -0.25) is 4.98 Å². The largest absolute Gasteiger partial charge is 0.598 e. The second-order valence-corrected chi connectivity index (χ2v) is 7.79. The first-order valence-electron chi connectivity index (χ1n) is 6.51. The fourth-order valence-corrected chi connectivity index (χ4v) is 2.65. The number of hydrogen-bond acceptors (Lipinski definition) is 3. The van der Waals surface area contributed by atoms with Crippen LogP contribution in [0.4, 0.5) is 4.39 Å². The van der Waals surface area contributed by atoms with Crippen molar-refractivity contribution in [3.05, 3.63) is 41.8 Å². The van der Waals surface area contributed by atoms with Crippen LogP contribution in [0.15, 0.2) is 30.5 Å². The maximum absolute atomic E-state index is 14.1. The van der Waals surface area contributed by atoms with E-state index in [2.05, 4.69) is 9.71 Å². The highest BCUT2D eigenvalue weighted by Gasteiger charge is 2.29. The topological polar surface area (TPSA) is 48.0 Å². The molecule has 1 N–H and O–H groups in total. The van der Waals surface area contributed by atoms with E-state index in [4.69, 9.17) is 0 Å². The molecule has 2 rings (SSSR count). The van der Waals surface area contributed by atoms with Gasteiger partial charge >= 0.3 is 0 Å². The molecule has 0 amide bonds. The van der Waals surface area contributed by atoms with Gasteiger partial charge in [0.15, 0.2) is 0 Å². The number of halogens is 1. The van der Waals surface area contributed by atoms with Crippen LogP contribution in [-0.4, -0.2) is 14.3 Å². The standard InChI is InChI=1S/C15H19FN2OS/c1-10(18-20(19)15(2,3)4)12-8-11-6-5-7-17-14(11)9-13(12)16/h5-10,18H,1-4H3/t10-,20+/m0/s1. The number of rotatable bonds is 3. The minimum absolute atomic E-state index is 0.331. The highest BCUT2D eigenvalue weighted by molar-refractivity contribution is 7.90. The van der Waals surface area contributed by atoms with Gasteiger partial charge in [0, 0.05) is 34.6 Å². The van der Waals surface area contributed by atoms with Gasteiger partial charge in [-0.05, 0) is 39.8 Å². The summed E-state index contributed by atoms with van der Waals surface area (Å²) in [4.78, 5) is 4.12. The lowest BCUT2D eigenvalue weighted by Gasteiger charge is -2.26. The van der Waals surface area contributed by atoms with Crippen molar-refractivity contribution >= 4 is 22.3 Å². The summed E-state index contributed by atoms with van der Waals surface area (Å²) in [5, 5.41) is 0.874. The lowest BCUT2D eigenvalue weighted by molar-refractivity contribution is 0.523. The number of fused-ring (bicyclic) bond motifs is 1. The Morgan fingerprint density at radius 2 is 2.05 bits per heavy atom. The van der Waals surface area contributed by atoms with Crippen molar-refractivity contribution in [2.75, 3.05) is 0 Å². The number of hydrogen-bond donors (Lipinski definition) is 1. The first kappa shape index (κ1) is 15.2. The van der Waals surface area contributed by atoms with Crippen LogP contribution in [0.1, 0.15) is 39.3 Å². The molecule has 0 spiro atoms. The van der Waals surface area contributed by atoms with Gasteiger partial charge in [-0.2, -0.15) is 0 Å². The van der Waals surface area contributed by atoms with Crippen LogP contribution in [-0.2, 0) is 11.4 Å². The minimum Gasteiger partial charge on any atom is -0.598 e. The highest BCUT2D eigenvalue weighted by atomic mass is 32.2. The molecule has 0 saturated carbocycles. The molecule has 108 valence electrons. The van der Waals surface area contributed by atoms with Gasteiger partial charge in [0.25, 0.3) is 0 Å². The molecule has 1 aromatic heterocycles. The fourth-order valence-electron chi connectivity index (χ4n) is 1.85. The van der Waals surface area contributed by atoms with Crippen molar-refractivity contribution in [1.82, 2.24) is 9.71 Å². The van der Waals surface area contributed by atoms with Crippen LogP contribution < -0.4 is 4.72 Å². The summed E-state index contributed by atoms with van der Waals surface area (Å²) in [6.07, 6.45) is 1.64. The van der Waals surface area contributed by atoms with Crippen LogP contribution in [0.25, 0.3) is 10.9 Å². The number of pyridine rings is 1. The lowest BCUT2D eigenvalue weighted by atomic mass is 10.1. The third kappa shape index (κ3) is 3.29. The van der Waals surface area contributed by atoms with Crippen molar-refractivity contribution in [2.24, 2.45) is 0 Å². The molecular weight excluding hydrogens is 275 g/mol. The Bertz CT molecular complexity index is 612. The molecule has 0 radical (unpaired) electrons. The van der Waals surface area contributed by atoms with Crippen LogP contribution >= 0.6 is 0 Å². The minimum atomic E-state index is -1.24. The molecular formula is C15H19FN2OS. The Kier molecular flexibility index (Phi) is 4.32. The average Bonchev–Trinajstić information content (AvgIpc) is 2.36. The SMILES string of the molecule is C[C@H](N[S@+]([O-])C(C)(C)C)c1cc2cccnc2cc1F. The van der Waals surface area contributed by atoms with E-state index in [9.17, 15) is 8.94 Å². The monoisotopic (exact) mass is 294 g/mol. The number of nitrogens with one attached hydrogen (secondary N) is 1. The predicted molar refractivity (Wildman–Crippen MR) is 81.1 cm³/mol. The molecule has 2 aromatic rings. The molecule has 0 aliphatic rings. The predicted octanol–water partition coefficient (Wildman–Crippen LogP) is 3.49. The van der Waals surface area contributed by atoms with Crippen molar-refractivity contribution in [2.45, 2.75) is 38.5 Å². The molecule has 1 aromatic carbocycles. The van der Waals surface area contributed by atoms with Gasteiger partial charge in [-0.25, -0.2) is 4.39 Å². The Hall–Kier alpha value is -1.17. The molecule has 0 aliphatic heterocycles. The van der Waals surface area contributed by atoms with Crippen LogP contribution in [0.2, 0.25) is 0 Å². The maximum Gasteiger partial charge on any atom is 0.136 e. The van der Waals surface area contributed by atoms with Crippen LogP contribution in [0.3, 0.4) is 0 Å². The van der Waals surface area contributed by atoms with Crippen molar-refractivity contribution in [1.29, 1.82) is 0 Å². The highest BCUT2D eigenvalue weighted by Crippen LogP contribution is 2.25. The van der Waals surface area contributed by atoms with Gasteiger partial charge in [0.1, 0.15) is 10.6 Å². The van der Waals surface area contributed by atoms with Gasteiger partial charge in [-0.15, -0.1) is 4.72 Å². The molecule has 0 saturated heterocycles. The summed E-state index contributed by atoms with van der Waals surface area (Å²) in [7, 11) is 0. The van der Waals surface area contributed by atoms with Gasteiger partial charge < -0.3 is 4.55 Å². The van der Waals surface area contributed by atoms with E-state index in [0.29, 0.717) is 11.1 Å². The third-order valence-electron chi connectivity index (χ3n) is 3.03. The first-order chi connectivity index (χ1) is 9.29. The first-order valence-corrected chi connectivity index (χ1v) is 7.66. The van der Waals surface area contributed by atoms with E-state index < -0.39 is 11.4 Å². The molecule has 0 bridgehead atoms. The van der Waals surface area contributed by atoms with E-state index in [0.717, 1.165) is 5.39 Å². The molecule has 5 heteroatoms. The average molecular weight is 294 g/mol. The maximum atomic E-state index is 14.1. The molecule has 20 heavy (non-hydrogen) atoms. The van der Waals surface area contributed by atoms with E-state index >= 15 is 0 Å². The Morgan fingerprint density at radius 1 is 1.35 bits per heavy atom. The molecule has 2 atom stereocenters. The second-order valence-electron chi connectivity index (χ2n) is 5.79. The van der Waals surface area contributed by atoms with Crippen molar-refractivity contribution < 1.29 is 8.94 Å². The van der Waals surface area contributed by atoms with E-state index in [1.54, 1.807) is 12.3 Å². The zero-order valence-electron chi connectivity index (χ0n) is 12.1.